The van der Waals surface area contributed by atoms with Crippen molar-refractivity contribution in [3.8, 4) is 0 Å². The maximum Gasteiger partial charge on any atom is 0.242 e. The standard InChI is InChI=1S/C11H15ClFN3O3S/c1-11(2,10(14)16-17)6-15-20(18,19)9-5-7(13)3-4-8(9)12/h3-5,15,17H,6H2,1-2H3,(H2,14,16). The van der Waals surface area contributed by atoms with E-state index in [1.54, 1.807) is 13.8 Å². The maximum atomic E-state index is 13.1. The molecular formula is C11H15ClFN3O3S. The van der Waals surface area contributed by atoms with Gasteiger partial charge < -0.3 is 10.9 Å². The van der Waals surface area contributed by atoms with Crippen LogP contribution in [-0.2, 0) is 10.0 Å². The summed E-state index contributed by atoms with van der Waals surface area (Å²) in [6, 6.07) is 3.03. The van der Waals surface area contributed by atoms with Gasteiger partial charge in [0.15, 0.2) is 0 Å². The molecule has 0 spiro atoms. The Morgan fingerprint density at radius 2 is 2.15 bits per heavy atom. The monoisotopic (exact) mass is 323 g/mol. The topological polar surface area (TPSA) is 105 Å². The number of sulfonamides is 1. The van der Waals surface area contributed by atoms with E-state index in [2.05, 4.69) is 9.88 Å². The van der Waals surface area contributed by atoms with Crippen LogP contribution < -0.4 is 10.5 Å². The molecule has 6 nitrogen and oxygen atoms in total. The molecule has 112 valence electrons. The highest BCUT2D eigenvalue weighted by Crippen LogP contribution is 2.23. The van der Waals surface area contributed by atoms with Crippen LogP contribution in [0, 0.1) is 11.2 Å². The summed E-state index contributed by atoms with van der Waals surface area (Å²) in [6.45, 7) is 3.02. The second-order valence-electron chi connectivity index (χ2n) is 4.77. The average molecular weight is 324 g/mol. The predicted octanol–water partition coefficient (Wildman–Crippen LogP) is 1.53. The Balaban J connectivity index is 3.00. The predicted molar refractivity (Wildman–Crippen MR) is 73.8 cm³/mol. The first-order chi connectivity index (χ1) is 9.10. The van der Waals surface area contributed by atoms with E-state index in [1.165, 1.54) is 0 Å². The molecule has 1 aromatic rings. The summed E-state index contributed by atoms with van der Waals surface area (Å²) >= 11 is 5.75. The second-order valence-corrected chi connectivity index (χ2v) is 6.91. The van der Waals surface area contributed by atoms with Crippen molar-refractivity contribution in [1.29, 1.82) is 0 Å². The van der Waals surface area contributed by atoms with E-state index in [0.717, 1.165) is 18.2 Å². The highest BCUT2D eigenvalue weighted by atomic mass is 35.5. The minimum atomic E-state index is -4.00. The molecular weight excluding hydrogens is 309 g/mol. The van der Waals surface area contributed by atoms with Gasteiger partial charge in [-0.2, -0.15) is 0 Å². The number of nitrogens with zero attached hydrogens (tertiary/aromatic N) is 1. The number of nitrogens with one attached hydrogen (secondary N) is 1. The summed E-state index contributed by atoms with van der Waals surface area (Å²) in [5.41, 5.74) is 4.54. The van der Waals surface area contributed by atoms with Crippen molar-refractivity contribution >= 4 is 27.5 Å². The van der Waals surface area contributed by atoms with Crippen molar-refractivity contribution in [1.82, 2.24) is 4.72 Å². The molecule has 1 aromatic carbocycles. The van der Waals surface area contributed by atoms with Gasteiger partial charge in [0, 0.05) is 12.0 Å². The Hall–Kier alpha value is -1.38. The van der Waals surface area contributed by atoms with Gasteiger partial charge in [-0.25, -0.2) is 17.5 Å². The van der Waals surface area contributed by atoms with Crippen LogP contribution in [0.3, 0.4) is 0 Å². The molecule has 0 bridgehead atoms. The molecule has 4 N–H and O–H groups in total. The van der Waals surface area contributed by atoms with Crippen LogP contribution in [0.5, 0.6) is 0 Å². The summed E-state index contributed by atoms with van der Waals surface area (Å²) in [5, 5.41) is 11.4. The number of hydrogen-bond acceptors (Lipinski definition) is 4. The zero-order valence-corrected chi connectivity index (χ0v) is 12.5. The van der Waals surface area contributed by atoms with Crippen LogP contribution in [0.15, 0.2) is 28.3 Å². The molecule has 0 saturated heterocycles. The summed E-state index contributed by atoms with van der Waals surface area (Å²) in [6.07, 6.45) is 0. The fraction of sp³-hybridized carbons (Fsp3) is 0.364. The Bertz CT molecular complexity index is 632. The van der Waals surface area contributed by atoms with E-state index in [-0.39, 0.29) is 22.3 Å². The van der Waals surface area contributed by atoms with Gasteiger partial charge in [-0.1, -0.05) is 30.6 Å². The van der Waals surface area contributed by atoms with Crippen LogP contribution >= 0.6 is 11.6 Å². The highest BCUT2D eigenvalue weighted by Gasteiger charge is 2.27. The average Bonchev–Trinajstić information content (AvgIpc) is 2.38. The number of amidine groups is 1. The molecule has 9 heteroatoms. The van der Waals surface area contributed by atoms with Gasteiger partial charge in [0.25, 0.3) is 0 Å². The molecule has 0 aliphatic carbocycles. The zero-order valence-electron chi connectivity index (χ0n) is 10.9. The first-order valence-corrected chi connectivity index (χ1v) is 7.39. The Morgan fingerprint density at radius 3 is 2.70 bits per heavy atom. The number of oxime groups is 1. The maximum absolute atomic E-state index is 13.1. The zero-order chi connectivity index (χ0) is 15.6. The van der Waals surface area contributed by atoms with Gasteiger partial charge in [0.1, 0.15) is 16.5 Å². The van der Waals surface area contributed by atoms with Crippen LogP contribution in [0.2, 0.25) is 5.02 Å². The fourth-order valence-electron chi connectivity index (χ4n) is 1.26. The molecule has 0 amide bonds. The first kappa shape index (κ1) is 16.7. The lowest BCUT2D eigenvalue weighted by Crippen LogP contribution is -2.42. The molecule has 0 atom stereocenters. The van der Waals surface area contributed by atoms with E-state index in [1.807, 2.05) is 0 Å². The Kier molecular flexibility index (Phi) is 4.95. The summed E-state index contributed by atoms with van der Waals surface area (Å²) in [5.74, 6) is -0.851. The summed E-state index contributed by atoms with van der Waals surface area (Å²) < 4.78 is 39.5. The summed E-state index contributed by atoms with van der Waals surface area (Å²) in [7, 11) is -4.00. The number of halogens is 2. The largest absolute Gasteiger partial charge is 0.409 e. The lowest BCUT2D eigenvalue weighted by molar-refractivity contribution is 0.307. The van der Waals surface area contributed by atoms with Crippen molar-refractivity contribution < 1.29 is 18.0 Å². The van der Waals surface area contributed by atoms with Crippen molar-refractivity contribution in [3.63, 3.8) is 0 Å². The molecule has 20 heavy (non-hydrogen) atoms. The quantitative estimate of drug-likeness (QED) is 0.331. The molecule has 0 heterocycles. The molecule has 0 radical (unpaired) electrons. The minimum Gasteiger partial charge on any atom is -0.409 e. The lowest BCUT2D eigenvalue weighted by atomic mass is 9.93. The first-order valence-electron chi connectivity index (χ1n) is 5.53. The van der Waals surface area contributed by atoms with Crippen molar-refractivity contribution in [2.45, 2.75) is 18.7 Å². The molecule has 0 saturated carbocycles. The number of rotatable bonds is 5. The number of hydrogen-bond donors (Lipinski definition) is 3. The fourth-order valence-corrected chi connectivity index (χ4v) is 2.98. The molecule has 0 unspecified atom stereocenters. The van der Waals surface area contributed by atoms with Gasteiger partial charge in [-0.15, -0.1) is 0 Å². The van der Waals surface area contributed by atoms with E-state index < -0.39 is 21.3 Å². The molecule has 1 rings (SSSR count). The smallest absolute Gasteiger partial charge is 0.242 e. The third-order valence-electron chi connectivity index (χ3n) is 2.69. The molecule has 0 aromatic heterocycles. The third kappa shape index (κ3) is 3.81. The van der Waals surface area contributed by atoms with Crippen molar-refractivity contribution in [3.05, 3.63) is 29.0 Å². The minimum absolute atomic E-state index is 0.0968. The van der Waals surface area contributed by atoms with E-state index in [9.17, 15) is 12.8 Å². The SMILES string of the molecule is CC(C)(CNS(=O)(=O)c1cc(F)ccc1Cl)/C(N)=N/O. The van der Waals surface area contributed by atoms with Gasteiger partial charge in [-0.3, -0.25) is 0 Å². The molecule has 0 aliphatic heterocycles. The van der Waals surface area contributed by atoms with Crippen molar-refractivity contribution in [2.75, 3.05) is 6.54 Å². The van der Waals surface area contributed by atoms with E-state index in [0.29, 0.717) is 0 Å². The van der Waals surface area contributed by atoms with Crippen LogP contribution in [0.1, 0.15) is 13.8 Å². The van der Waals surface area contributed by atoms with Crippen molar-refractivity contribution in [2.24, 2.45) is 16.3 Å². The van der Waals surface area contributed by atoms with E-state index >= 15 is 0 Å². The van der Waals surface area contributed by atoms with Crippen LogP contribution in [0.25, 0.3) is 0 Å². The summed E-state index contributed by atoms with van der Waals surface area (Å²) in [4.78, 5) is -0.366. The van der Waals surface area contributed by atoms with Gasteiger partial charge >= 0.3 is 0 Å². The Morgan fingerprint density at radius 1 is 1.55 bits per heavy atom. The number of nitrogens with two attached hydrogens (primary N) is 1. The third-order valence-corrected chi connectivity index (χ3v) is 4.57. The molecule has 0 aliphatic rings. The second kappa shape index (κ2) is 5.94. The lowest BCUT2D eigenvalue weighted by Gasteiger charge is -2.23. The normalized spacial score (nSPS) is 13.5. The van der Waals surface area contributed by atoms with E-state index in [4.69, 9.17) is 22.5 Å². The van der Waals surface area contributed by atoms with Crippen LogP contribution in [0.4, 0.5) is 4.39 Å². The van der Waals surface area contributed by atoms with Gasteiger partial charge in [0.2, 0.25) is 10.0 Å². The number of benzene rings is 1. The Labute approximate surface area is 121 Å². The highest BCUT2D eigenvalue weighted by molar-refractivity contribution is 7.89. The van der Waals surface area contributed by atoms with Gasteiger partial charge in [0.05, 0.1) is 5.02 Å². The molecule has 0 fully saturated rings. The van der Waals surface area contributed by atoms with Gasteiger partial charge in [-0.05, 0) is 18.2 Å². The van der Waals surface area contributed by atoms with Crippen LogP contribution in [-0.4, -0.2) is 26.0 Å².